The monoisotopic (exact) mass is 278 g/mol. The zero-order valence-electron chi connectivity index (χ0n) is 12.1. The first-order valence-corrected chi connectivity index (χ1v) is 7.96. The SMILES string of the molecule is CCC1(C)NC(c2ccsc2)N(C2CC2(C)C)C1=O. The van der Waals surface area contributed by atoms with E-state index in [1.54, 1.807) is 11.3 Å². The fourth-order valence-electron chi connectivity index (χ4n) is 3.00. The molecule has 1 saturated heterocycles. The van der Waals surface area contributed by atoms with Crippen molar-refractivity contribution in [2.75, 3.05) is 0 Å². The molecule has 2 aliphatic rings. The van der Waals surface area contributed by atoms with Crippen LogP contribution in [0.25, 0.3) is 0 Å². The van der Waals surface area contributed by atoms with Gasteiger partial charge < -0.3 is 4.90 Å². The molecule has 3 rings (SSSR count). The van der Waals surface area contributed by atoms with Crippen LogP contribution in [0.1, 0.15) is 52.3 Å². The van der Waals surface area contributed by atoms with Crippen molar-refractivity contribution in [2.24, 2.45) is 5.41 Å². The van der Waals surface area contributed by atoms with Crippen molar-refractivity contribution in [3.63, 3.8) is 0 Å². The normalized spacial score (nSPS) is 36.8. The average Bonchev–Trinajstić information content (AvgIpc) is 2.76. The summed E-state index contributed by atoms with van der Waals surface area (Å²) in [6.07, 6.45) is 1.99. The van der Waals surface area contributed by atoms with Gasteiger partial charge in [0.1, 0.15) is 6.17 Å². The van der Waals surface area contributed by atoms with E-state index in [2.05, 4.69) is 47.8 Å². The maximum Gasteiger partial charge on any atom is 0.244 e. The summed E-state index contributed by atoms with van der Waals surface area (Å²) in [6, 6.07) is 2.50. The molecule has 1 aromatic heterocycles. The molecule has 3 unspecified atom stereocenters. The van der Waals surface area contributed by atoms with Gasteiger partial charge in [0.2, 0.25) is 5.91 Å². The van der Waals surface area contributed by atoms with Crippen LogP contribution >= 0.6 is 11.3 Å². The quantitative estimate of drug-likeness (QED) is 0.921. The summed E-state index contributed by atoms with van der Waals surface area (Å²) in [5.74, 6) is 0.266. The summed E-state index contributed by atoms with van der Waals surface area (Å²) in [6.45, 7) is 8.61. The van der Waals surface area contributed by atoms with Crippen LogP contribution in [0.2, 0.25) is 0 Å². The number of nitrogens with zero attached hydrogens (tertiary/aromatic N) is 1. The number of amides is 1. The smallest absolute Gasteiger partial charge is 0.244 e. The Kier molecular flexibility index (Phi) is 2.81. The number of nitrogens with one attached hydrogen (secondary N) is 1. The highest BCUT2D eigenvalue weighted by atomic mass is 32.1. The molecule has 1 N–H and O–H groups in total. The van der Waals surface area contributed by atoms with E-state index in [-0.39, 0.29) is 17.5 Å². The molecule has 4 heteroatoms. The number of rotatable bonds is 3. The molecule has 1 aromatic rings. The van der Waals surface area contributed by atoms with Crippen LogP contribution in [-0.2, 0) is 4.79 Å². The second kappa shape index (κ2) is 4.06. The molecular weight excluding hydrogens is 256 g/mol. The number of hydrogen-bond donors (Lipinski definition) is 1. The number of hydrogen-bond acceptors (Lipinski definition) is 3. The van der Waals surface area contributed by atoms with Gasteiger partial charge in [-0.05, 0) is 47.6 Å². The third-order valence-electron chi connectivity index (χ3n) is 4.80. The fraction of sp³-hybridized carbons (Fsp3) is 0.667. The van der Waals surface area contributed by atoms with Crippen LogP contribution in [0.4, 0.5) is 0 Å². The Labute approximate surface area is 119 Å². The van der Waals surface area contributed by atoms with Crippen LogP contribution in [0.3, 0.4) is 0 Å². The van der Waals surface area contributed by atoms with E-state index in [9.17, 15) is 4.79 Å². The first kappa shape index (κ1) is 13.1. The molecular formula is C15H22N2OS. The lowest BCUT2D eigenvalue weighted by atomic mass is 9.99. The molecule has 3 atom stereocenters. The number of thiophene rings is 1. The molecule has 1 amide bonds. The Morgan fingerprint density at radius 3 is 2.63 bits per heavy atom. The van der Waals surface area contributed by atoms with E-state index in [0.717, 1.165) is 12.8 Å². The Hall–Kier alpha value is -0.870. The molecule has 104 valence electrons. The van der Waals surface area contributed by atoms with Crippen molar-refractivity contribution in [3.05, 3.63) is 22.4 Å². The van der Waals surface area contributed by atoms with Crippen molar-refractivity contribution in [3.8, 4) is 0 Å². The van der Waals surface area contributed by atoms with Crippen LogP contribution in [0.15, 0.2) is 16.8 Å². The van der Waals surface area contributed by atoms with Gasteiger partial charge in [-0.25, -0.2) is 0 Å². The second-order valence-electron chi connectivity index (χ2n) is 6.71. The van der Waals surface area contributed by atoms with Gasteiger partial charge in [0.05, 0.1) is 5.54 Å². The molecule has 3 nitrogen and oxygen atoms in total. The van der Waals surface area contributed by atoms with Crippen molar-refractivity contribution in [2.45, 2.75) is 58.3 Å². The van der Waals surface area contributed by atoms with E-state index in [4.69, 9.17) is 0 Å². The van der Waals surface area contributed by atoms with Crippen molar-refractivity contribution >= 4 is 17.2 Å². The van der Waals surface area contributed by atoms with Crippen LogP contribution < -0.4 is 5.32 Å². The largest absolute Gasteiger partial charge is 0.318 e. The first-order valence-electron chi connectivity index (χ1n) is 7.01. The predicted octanol–water partition coefficient (Wildman–Crippen LogP) is 3.15. The Bertz CT molecular complexity index is 496. The van der Waals surface area contributed by atoms with E-state index < -0.39 is 5.54 Å². The minimum Gasteiger partial charge on any atom is -0.318 e. The predicted molar refractivity (Wildman–Crippen MR) is 77.9 cm³/mol. The number of carbonyl (C=O) groups excluding carboxylic acids is 1. The van der Waals surface area contributed by atoms with E-state index in [1.807, 2.05) is 6.92 Å². The summed E-state index contributed by atoms with van der Waals surface area (Å²) in [5.41, 5.74) is 1.08. The first-order chi connectivity index (χ1) is 8.89. The van der Waals surface area contributed by atoms with Crippen LogP contribution in [-0.4, -0.2) is 22.4 Å². The van der Waals surface area contributed by atoms with Gasteiger partial charge in [0.25, 0.3) is 0 Å². The Morgan fingerprint density at radius 1 is 1.47 bits per heavy atom. The molecule has 1 aliphatic heterocycles. The van der Waals surface area contributed by atoms with Gasteiger partial charge in [-0.1, -0.05) is 20.8 Å². The molecule has 19 heavy (non-hydrogen) atoms. The van der Waals surface area contributed by atoms with E-state index >= 15 is 0 Å². The maximum atomic E-state index is 12.8. The van der Waals surface area contributed by atoms with Gasteiger partial charge in [-0.2, -0.15) is 11.3 Å². The summed E-state index contributed by atoms with van der Waals surface area (Å²) < 4.78 is 0. The average molecular weight is 278 g/mol. The standard InChI is InChI=1S/C15H22N2OS/c1-5-15(4)13(18)17(11-8-14(11,2)3)12(16-15)10-6-7-19-9-10/h6-7,9,11-12,16H,5,8H2,1-4H3. The van der Waals surface area contributed by atoms with Crippen molar-refractivity contribution in [1.29, 1.82) is 0 Å². The van der Waals surface area contributed by atoms with E-state index in [0.29, 0.717) is 6.04 Å². The highest BCUT2D eigenvalue weighted by molar-refractivity contribution is 7.07. The minimum absolute atomic E-state index is 0.0514. The highest BCUT2D eigenvalue weighted by Gasteiger charge is 2.59. The lowest BCUT2D eigenvalue weighted by molar-refractivity contribution is -0.134. The van der Waals surface area contributed by atoms with Gasteiger partial charge in [-0.3, -0.25) is 10.1 Å². The summed E-state index contributed by atoms with van der Waals surface area (Å²) in [4.78, 5) is 14.9. The fourth-order valence-corrected chi connectivity index (χ4v) is 3.68. The molecule has 0 bridgehead atoms. The van der Waals surface area contributed by atoms with Gasteiger partial charge >= 0.3 is 0 Å². The molecule has 2 heterocycles. The Balaban J connectivity index is 1.96. The Morgan fingerprint density at radius 2 is 2.16 bits per heavy atom. The van der Waals surface area contributed by atoms with Gasteiger partial charge in [-0.15, -0.1) is 0 Å². The van der Waals surface area contributed by atoms with Crippen molar-refractivity contribution < 1.29 is 4.79 Å². The summed E-state index contributed by atoms with van der Waals surface area (Å²) >= 11 is 1.69. The topological polar surface area (TPSA) is 32.3 Å². The molecule has 2 fully saturated rings. The lowest BCUT2D eigenvalue weighted by Crippen LogP contribution is -2.43. The van der Waals surface area contributed by atoms with Crippen LogP contribution in [0.5, 0.6) is 0 Å². The van der Waals surface area contributed by atoms with Gasteiger partial charge in [0, 0.05) is 6.04 Å². The number of carbonyl (C=O) groups is 1. The zero-order valence-corrected chi connectivity index (χ0v) is 12.9. The van der Waals surface area contributed by atoms with E-state index in [1.165, 1.54) is 5.56 Å². The maximum absolute atomic E-state index is 12.8. The lowest BCUT2D eigenvalue weighted by Gasteiger charge is -2.25. The molecule has 0 aromatic carbocycles. The summed E-state index contributed by atoms with van der Waals surface area (Å²) in [5, 5.41) is 7.79. The minimum atomic E-state index is -0.411. The van der Waals surface area contributed by atoms with Crippen molar-refractivity contribution in [1.82, 2.24) is 10.2 Å². The third-order valence-corrected chi connectivity index (χ3v) is 5.50. The van der Waals surface area contributed by atoms with Crippen LogP contribution in [0, 0.1) is 5.41 Å². The zero-order chi connectivity index (χ0) is 13.8. The molecule has 1 aliphatic carbocycles. The van der Waals surface area contributed by atoms with Gasteiger partial charge in [0.15, 0.2) is 0 Å². The molecule has 1 saturated carbocycles. The molecule has 0 spiro atoms. The highest BCUT2D eigenvalue weighted by Crippen LogP contribution is 2.53. The second-order valence-corrected chi connectivity index (χ2v) is 7.49. The third kappa shape index (κ3) is 1.93. The molecule has 0 radical (unpaired) electrons. The summed E-state index contributed by atoms with van der Waals surface area (Å²) in [7, 11) is 0.